The number of likely N-dealkylation sites (N-methyl/N-ethyl adjacent to an activating group) is 1. The summed E-state index contributed by atoms with van der Waals surface area (Å²) in [5, 5.41) is 10.2. The highest BCUT2D eigenvalue weighted by molar-refractivity contribution is 5.35. The molecule has 4 heteroatoms. The minimum atomic E-state index is -0.436. The Morgan fingerprint density at radius 3 is 2.48 bits per heavy atom. The van der Waals surface area contributed by atoms with Gasteiger partial charge in [-0.2, -0.15) is 0 Å². The average Bonchev–Trinajstić information content (AvgIpc) is 2.48. The van der Waals surface area contributed by atoms with E-state index in [0.717, 1.165) is 31.9 Å². The number of benzene rings is 1. The van der Waals surface area contributed by atoms with Crippen LogP contribution in [-0.2, 0) is 0 Å². The minimum Gasteiger partial charge on any atom is -0.491 e. The molecule has 1 aliphatic rings. The fourth-order valence-electron chi connectivity index (χ4n) is 2.66. The standard InChI is InChI=1S/C17H28N2O2/c1-14(2)16-6-4-5-7-17(16)21-13-15(20)12-19-10-8-18(3)9-11-19/h4-7,14-15,20H,8-13H2,1-3H3/t15-/m0/s1. The molecule has 0 unspecified atom stereocenters. The lowest BCUT2D eigenvalue weighted by atomic mass is 10.0. The zero-order valence-corrected chi connectivity index (χ0v) is 13.5. The van der Waals surface area contributed by atoms with Gasteiger partial charge in [0.05, 0.1) is 0 Å². The Bertz CT molecular complexity index is 429. The van der Waals surface area contributed by atoms with Gasteiger partial charge in [0.15, 0.2) is 0 Å². The van der Waals surface area contributed by atoms with Crippen molar-refractivity contribution in [2.75, 3.05) is 46.4 Å². The molecule has 21 heavy (non-hydrogen) atoms. The van der Waals surface area contributed by atoms with Gasteiger partial charge in [-0.25, -0.2) is 0 Å². The first-order valence-electron chi connectivity index (χ1n) is 7.87. The van der Waals surface area contributed by atoms with Gasteiger partial charge in [0, 0.05) is 32.7 Å². The van der Waals surface area contributed by atoms with Crippen molar-refractivity contribution in [1.82, 2.24) is 9.80 Å². The summed E-state index contributed by atoms with van der Waals surface area (Å²) in [6.45, 7) is 9.55. The molecular weight excluding hydrogens is 264 g/mol. The third-order valence-corrected chi connectivity index (χ3v) is 4.04. The molecule has 0 aromatic heterocycles. The minimum absolute atomic E-state index is 0.357. The summed E-state index contributed by atoms with van der Waals surface area (Å²) < 4.78 is 5.84. The fraction of sp³-hybridized carbons (Fsp3) is 0.647. The van der Waals surface area contributed by atoms with E-state index in [2.05, 4.69) is 36.8 Å². The van der Waals surface area contributed by atoms with Crippen molar-refractivity contribution >= 4 is 0 Å². The summed E-state index contributed by atoms with van der Waals surface area (Å²) in [4.78, 5) is 4.63. The zero-order chi connectivity index (χ0) is 15.2. The first-order chi connectivity index (χ1) is 10.1. The molecule has 0 amide bonds. The number of para-hydroxylation sites is 1. The van der Waals surface area contributed by atoms with Crippen molar-refractivity contribution < 1.29 is 9.84 Å². The molecule has 1 fully saturated rings. The van der Waals surface area contributed by atoms with Crippen molar-refractivity contribution in [2.45, 2.75) is 25.9 Å². The number of rotatable bonds is 6. The van der Waals surface area contributed by atoms with Crippen LogP contribution >= 0.6 is 0 Å². The Balaban J connectivity index is 1.80. The van der Waals surface area contributed by atoms with Gasteiger partial charge in [-0.1, -0.05) is 32.0 Å². The Morgan fingerprint density at radius 2 is 1.81 bits per heavy atom. The van der Waals surface area contributed by atoms with E-state index in [0.29, 0.717) is 19.1 Å². The molecule has 1 N–H and O–H groups in total. The Morgan fingerprint density at radius 1 is 1.14 bits per heavy atom. The first kappa shape index (κ1) is 16.3. The van der Waals surface area contributed by atoms with E-state index in [1.807, 2.05) is 18.2 Å². The Labute approximate surface area is 128 Å². The third-order valence-electron chi connectivity index (χ3n) is 4.04. The highest BCUT2D eigenvalue weighted by Crippen LogP contribution is 2.25. The molecule has 1 aromatic carbocycles. The molecule has 2 rings (SSSR count). The summed E-state index contributed by atoms with van der Waals surface area (Å²) >= 11 is 0. The number of nitrogens with zero attached hydrogens (tertiary/aromatic N) is 2. The lowest BCUT2D eigenvalue weighted by Crippen LogP contribution is -2.47. The SMILES string of the molecule is CC(C)c1ccccc1OC[C@@H](O)CN1CCN(C)CC1. The van der Waals surface area contributed by atoms with E-state index < -0.39 is 6.10 Å². The van der Waals surface area contributed by atoms with E-state index in [-0.39, 0.29) is 0 Å². The number of aliphatic hydroxyl groups excluding tert-OH is 1. The van der Waals surface area contributed by atoms with Crippen molar-refractivity contribution in [2.24, 2.45) is 0 Å². The lowest BCUT2D eigenvalue weighted by Gasteiger charge is -2.33. The number of β-amino-alcohol motifs (C(OH)–C–C–N with tert-alkyl or cyclic N) is 1. The molecular formula is C17H28N2O2. The molecule has 1 heterocycles. The van der Waals surface area contributed by atoms with E-state index in [1.165, 1.54) is 5.56 Å². The quantitative estimate of drug-likeness (QED) is 0.867. The fourth-order valence-corrected chi connectivity index (χ4v) is 2.66. The van der Waals surface area contributed by atoms with E-state index in [9.17, 15) is 5.11 Å². The van der Waals surface area contributed by atoms with Crippen LogP contribution in [0.4, 0.5) is 0 Å². The van der Waals surface area contributed by atoms with E-state index >= 15 is 0 Å². The molecule has 1 saturated heterocycles. The normalized spacial score (nSPS) is 18.9. The second kappa shape index (κ2) is 7.78. The molecule has 1 atom stereocenters. The van der Waals surface area contributed by atoms with Gasteiger partial charge in [-0.3, -0.25) is 4.90 Å². The van der Waals surface area contributed by atoms with Gasteiger partial charge >= 0.3 is 0 Å². The summed E-state index contributed by atoms with van der Waals surface area (Å²) in [7, 11) is 2.14. The molecule has 1 aromatic rings. The summed E-state index contributed by atoms with van der Waals surface area (Å²) in [6.07, 6.45) is -0.436. The maximum Gasteiger partial charge on any atom is 0.122 e. The molecule has 0 radical (unpaired) electrons. The van der Waals surface area contributed by atoms with Gasteiger partial charge in [0.25, 0.3) is 0 Å². The zero-order valence-electron chi connectivity index (χ0n) is 13.5. The van der Waals surface area contributed by atoms with Crippen molar-refractivity contribution in [3.05, 3.63) is 29.8 Å². The van der Waals surface area contributed by atoms with Crippen LogP contribution in [0, 0.1) is 0 Å². The topological polar surface area (TPSA) is 35.9 Å². The summed E-state index contributed by atoms with van der Waals surface area (Å²) in [5.74, 6) is 1.32. The largest absolute Gasteiger partial charge is 0.491 e. The van der Waals surface area contributed by atoms with E-state index in [4.69, 9.17) is 4.74 Å². The molecule has 0 bridgehead atoms. The number of piperazine rings is 1. The Kier molecular flexibility index (Phi) is 6.03. The van der Waals surface area contributed by atoms with Crippen LogP contribution in [0.5, 0.6) is 5.75 Å². The monoisotopic (exact) mass is 292 g/mol. The van der Waals surface area contributed by atoms with Crippen molar-refractivity contribution in [3.8, 4) is 5.75 Å². The number of hydrogen-bond acceptors (Lipinski definition) is 4. The van der Waals surface area contributed by atoms with Crippen LogP contribution in [0.1, 0.15) is 25.3 Å². The van der Waals surface area contributed by atoms with Gasteiger partial charge < -0.3 is 14.7 Å². The highest BCUT2D eigenvalue weighted by atomic mass is 16.5. The van der Waals surface area contributed by atoms with Crippen LogP contribution in [0.15, 0.2) is 24.3 Å². The number of ether oxygens (including phenoxy) is 1. The van der Waals surface area contributed by atoms with Crippen molar-refractivity contribution in [1.29, 1.82) is 0 Å². The van der Waals surface area contributed by atoms with Gasteiger partial charge in [-0.15, -0.1) is 0 Å². The molecule has 0 saturated carbocycles. The molecule has 0 spiro atoms. The molecule has 4 nitrogen and oxygen atoms in total. The number of hydrogen-bond donors (Lipinski definition) is 1. The van der Waals surface area contributed by atoms with Gasteiger partial charge in [0.2, 0.25) is 0 Å². The maximum absolute atomic E-state index is 10.2. The smallest absolute Gasteiger partial charge is 0.122 e. The summed E-state index contributed by atoms with van der Waals surface area (Å²) in [6, 6.07) is 8.08. The second-order valence-electron chi connectivity index (χ2n) is 6.26. The van der Waals surface area contributed by atoms with Crippen LogP contribution < -0.4 is 4.74 Å². The van der Waals surface area contributed by atoms with Crippen LogP contribution in [0.3, 0.4) is 0 Å². The second-order valence-corrected chi connectivity index (χ2v) is 6.26. The molecule has 0 aliphatic carbocycles. The molecule has 1 aliphatic heterocycles. The Hall–Kier alpha value is -1.10. The average molecular weight is 292 g/mol. The first-order valence-corrected chi connectivity index (χ1v) is 7.87. The summed E-state index contributed by atoms with van der Waals surface area (Å²) in [5.41, 5.74) is 1.20. The van der Waals surface area contributed by atoms with Crippen molar-refractivity contribution in [3.63, 3.8) is 0 Å². The molecule has 118 valence electrons. The lowest BCUT2D eigenvalue weighted by molar-refractivity contribution is 0.0502. The van der Waals surface area contributed by atoms with Gasteiger partial charge in [-0.05, 0) is 24.6 Å². The predicted molar refractivity (Wildman–Crippen MR) is 86.0 cm³/mol. The van der Waals surface area contributed by atoms with Gasteiger partial charge in [0.1, 0.15) is 18.5 Å². The predicted octanol–water partition coefficient (Wildman–Crippen LogP) is 1.80. The maximum atomic E-state index is 10.2. The van der Waals surface area contributed by atoms with Crippen LogP contribution in [-0.4, -0.2) is 67.4 Å². The van der Waals surface area contributed by atoms with Crippen LogP contribution in [0.25, 0.3) is 0 Å². The highest BCUT2D eigenvalue weighted by Gasteiger charge is 2.17. The number of aliphatic hydroxyl groups is 1. The van der Waals surface area contributed by atoms with Crippen LogP contribution in [0.2, 0.25) is 0 Å². The van der Waals surface area contributed by atoms with E-state index in [1.54, 1.807) is 0 Å². The third kappa shape index (κ3) is 4.99.